The molecule has 1 rings (SSSR count). The molecule has 0 spiro atoms. The van der Waals surface area contributed by atoms with Crippen LogP contribution in [0.3, 0.4) is 0 Å². The summed E-state index contributed by atoms with van der Waals surface area (Å²) >= 11 is 0. The number of hydrogen-bond acceptors (Lipinski definition) is 2. The van der Waals surface area contributed by atoms with Crippen molar-refractivity contribution in [2.24, 2.45) is 0 Å². The molecular weight excluding hydrogens is 124 g/mol. The van der Waals surface area contributed by atoms with Crippen LogP contribution in [0, 0.1) is 11.3 Å². The summed E-state index contributed by atoms with van der Waals surface area (Å²) in [6.07, 6.45) is 0.277. The van der Waals surface area contributed by atoms with E-state index in [2.05, 4.69) is 0 Å². The highest BCUT2D eigenvalue weighted by atomic mass is 14.5. The van der Waals surface area contributed by atoms with E-state index in [1.807, 2.05) is 6.07 Å². The van der Waals surface area contributed by atoms with Crippen molar-refractivity contribution in [2.75, 3.05) is 5.73 Å². The maximum atomic E-state index is 8.35. The van der Waals surface area contributed by atoms with E-state index in [1.165, 1.54) is 0 Å². The van der Waals surface area contributed by atoms with Crippen LogP contribution in [0.4, 0.5) is 5.69 Å². The zero-order chi connectivity index (χ0) is 8.27. The van der Waals surface area contributed by atoms with Gasteiger partial charge in [0.15, 0.2) is 0 Å². The average Bonchev–Trinajstić information content (AvgIpc) is 1.95. The van der Waals surface area contributed by atoms with E-state index >= 15 is 0 Å². The number of hydrogen-bond donors (Lipinski definition) is 1. The Morgan fingerprint density at radius 2 is 2.40 bits per heavy atom. The Kier molecular flexibility index (Phi) is 1.53. The van der Waals surface area contributed by atoms with Crippen LogP contribution in [0.25, 0.3) is 0 Å². The smallest absolute Gasteiger partial charge is 0.0669 e. The standard InChI is InChI=1S/C8H8N2/c9-6-5-7-1-3-8(10)4-2-7/h1-4H,5,10H2/i1D. The third-order valence-electron chi connectivity index (χ3n) is 1.17. The molecule has 0 aliphatic heterocycles. The molecule has 10 heavy (non-hydrogen) atoms. The Hall–Kier alpha value is -1.49. The molecule has 0 radical (unpaired) electrons. The highest BCUT2D eigenvalue weighted by Gasteiger charge is 1.88. The summed E-state index contributed by atoms with van der Waals surface area (Å²) in [5, 5.41) is 8.35. The number of nitrogens with zero attached hydrogens (tertiary/aromatic N) is 1. The van der Waals surface area contributed by atoms with Gasteiger partial charge in [-0.1, -0.05) is 12.1 Å². The van der Waals surface area contributed by atoms with Gasteiger partial charge in [0.25, 0.3) is 0 Å². The fourth-order valence-corrected chi connectivity index (χ4v) is 0.664. The Balaban J connectivity index is 3.01. The molecule has 0 unspecified atom stereocenters. The normalized spacial score (nSPS) is 10.1. The quantitative estimate of drug-likeness (QED) is 0.587. The third-order valence-corrected chi connectivity index (χ3v) is 1.17. The van der Waals surface area contributed by atoms with Gasteiger partial charge in [-0.05, 0) is 17.7 Å². The lowest BCUT2D eigenvalue weighted by Crippen LogP contribution is -1.85. The Bertz CT molecular complexity index is 301. The Morgan fingerprint density at radius 1 is 1.60 bits per heavy atom. The van der Waals surface area contributed by atoms with E-state index in [0.29, 0.717) is 11.7 Å². The molecule has 0 fully saturated rings. The zero-order valence-corrected chi connectivity index (χ0v) is 5.46. The number of nitriles is 1. The summed E-state index contributed by atoms with van der Waals surface area (Å²) in [4.78, 5) is 0. The second-order valence-corrected chi connectivity index (χ2v) is 1.98. The summed E-state index contributed by atoms with van der Waals surface area (Å²) in [5.41, 5.74) is 6.71. The predicted molar refractivity (Wildman–Crippen MR) is 40.2 cm³/mol. The zero-order valence-electron chi connectivity index (χ0n) is 6.46. The van der Waals surface area contributed by atoms with Crippen LogP contribution in [0.5, 0.6) is 0 Å². The van der Waals surface area contributed by atoms with Crippen molar-refractivity contribution in [2.45, 2.75) is 6.42 Å². The number of nitrogen functional groups attached to an aromatic ring is 1. The number of rotatable bonds is 1. The summed E-state index contributed by atoms with van der Waals surface area (Å²) < 4.78 is 7.38. The van der Waals surface area contributed by atoms with E-state index < -0.39 is 0 Å². The van der Waals surface area contributed by atoms with Gasteiger partial charge in [0.1, 0.15) is 0 Å². The summed E-state index contributed by atoms with van der Waals surface area (Å²) in [5.74, 6) is 0. The van der Waals surface area contributed by atoms with Crippen LogP contribution in [0.2, 0.25) is 0 Å². The van der Waals surface area contributed by atoms with Crippen molar-refractivity contribution in [3.63, 3.8) is 0 Å². The van der Waals surface area contributed by atoms with Crippen LogP contribution in [0.15, 0.2) is 24.2 Å². The minimum Gasteiger partial charge on any atom is -0.399 e. The van der Waals surface area contributed by atoms with E-state index in [0.717, 1.165) is 5.56 Å². The van der Waals surface area contributed by atoms with Gasteiger partial charge in [-0.3, -0.25) is 0 Å². The van der Waals surface area contributed by atoms with E-state index in [4.69, 9.17) is 12.4 Å². The molecule has 0 saturated carbocycles. The molecule has 0 heterocycles. The Labute approximate surface area is 61.3 Å². The first-order valence-corrected chi connectivity index (χ1v) is 2.96. The molecule has 1 aromatic carbocycles. The molecule has 0 aromatic heterocycles. The van der Waals surface area contributed by atoms with Crippen molar-refractivity contribution >= 4 is 5.69 Å². The van der Waals surface area contributed by atoms with Crippen LogP contribution < -0.4 is 5.73 Å². The summed E-state index contributed by atoms with van der Waals surface area (Å²) in [6, 6.07) is 7.28. The van der Waals surface area contributed by atoms with Crippen LogP contribution >= 0.6 is 0 Å². The highest BCUT2D eigenvalue weighted by Crippen LogP contribution is 2.04. The lowest BCUT2D eigenvalue weighted by Gasteiger charge is -1.93. The molecule has 0 amide bonds. The molecule has 0 saturated heterocycles. The maximum absolute atomic E-state index is 8.35. The van der Waals surface area contributed by atoms with Gasteiger partial charge in [0.05, 0.1) is 13.9 Å². The molecule has 0 atom stereocenters. The first-order chi connectivity index (χ1) is 5.24. The topological polar surface area (TPSA) is 49.8 Å². The van der Waals surface area contributed by atoms with Gasteiger partial charge in [0, 0.05) is 5.69 Å². The lowest BCUT2D eigenvalue weighted by molar-refractivity contribution is 1.26. The van der Waals surface area contributed by atoms with Crippen molar-refractivity contribution in [1.82, 2.24) is 0 Å². The molecular formula is C8H8N2. The molecule has 0 aliphatic rings. The van der Waals surface area contributed by atoms with Crippen LogP contribution in [-0.4, -0.2) is 0 Å². The first-order valence-electron chi connectivity index (χ1n) is 3.46. The molecule has 0 aliphatic carbocycles. The molecule has 50 valence electrons. The maximum Gasteiger partial charge on any atom is 0.0669 e. The Morgan fingerprint density at radius 3 is 3.00 bits per heavy atom. The lowest BCUT2D eigenvalue weighted by atomic mass is 10.1. The number of anilines is 1. The van der Waals surface area contributed by atoms with Crippen molar-refractivity contribution < 1.29 is 1.37 Å². The molecule has 2 N–H and O–H groups in total. The second kappa shape index (κ2) is 2.88. The van der Waals surface area contributed by atoms with Gasteiger partial charge in [0.2, 0.25) is 0 Å². The minimum atomic E-state index is 0.277. The molecule has 0 bridgehead atoms. The average molecular weight is 133 g/mol. The van der Waals surface area contributed by atoms with Crippen molar-refractivity contribution in [1.29, 1.82) is 5.26 Å². The van der Waals surface area contributed by atoms with Crippen LogP contribution in [-0.2, 0) is 6.42 Å². The molecule has 2 heteroatoms. The van der Waals surface area contributed by atoms with E-state index in [-0.39, 0.29) is 6.42 Å². The second-order valence-electron chi connectivity index (χ2n) is 1.98. The van der Waals surface area contributed by atoms with Crippen molar-refractivity contribution in [3.8, 4) is 6.07 Å². The fourth-order valence-electron chi connectivity index (χ4n) is 0.664. The SMILES string of the molecule is [2H]c1cc(N)ccc1CC#N. The summed E-state index contributed by atoms with van der Waals surface area (Å²) in [6.45, 7) is 0. The number of nitrogens with two attached hydrogens (primary N) is 1. The third kappa shape index (κ3) is 1.49. The van der Waals surface area contributed by atoms with Crippen LogP contribution in [0.1, 0.15) is 6.93 Å². The monoisotopic (exact) mass is 133 g/mol. The van der Waals surface area contributed by atoms with Gasteiger partial charge in [-0.15, -0.1) is 0 Å². The first kappa shape index (κ1) is 5.31. The van der Waals surface area contributed by atoms with Gasteiger partial charge in [-0.25, -0.2) is 0 Å². The summed E-state index contributed by atoms with van der Waals surface area (Å²) in [7, 11) is 0. The van der Waals surface area contributed by atoms with Gasteiger partial charge >= 0.3 is 0 Å². The van der Waals surface area contributed by atoms with E-state index in [9.17, 15) is 0 Å². The highest BCUT2D eigenvalue weighted by molar-refractivity contribution is 5.39. The number of benzene rings is 1. The van der Waals surface area contributed by atoms with Gasteiger partial charge in [-0.2, -0.15) is 5.26 Å². The molecule has 2 nitrogen and oxygen atoms in total. The van der Waals surface area contributed by atoms with Gasteiger partial charge < -0.3 is 5.73 Å². The largest absolute Gasteiger partial charge is 0.399 e. The minimum absolute atomic E-state index is 0.277. The fraction of sp³-hybridized carbons (Fsp3) is 0.125. The molecule has 1 aromatic rings. The van der Waals surface area contributed by atoms with Crippen molar-refractivity contribution in [3.05, 3.63) is 29.8 Å². The predicted octanol–water partition coefficient (Wildman–Crippen LogP) is 1.33. The van der Waals surface area contributed by atoms with E-state index in [1.54, 1.807) is 18.2 Å².